The van der Waals surface area contributed by atoms with E-state index in [-0.39, 0.29) is 11.7 Å². The van der Waals surface area contributed by atoms with Crippen LogP contribution >= 0.6 is 15.9 Å². The van der Waals surface area contributed by atoms with E-state index in [9.17, 15) is 9.00 Å². The number of anilines is 2. The number of rotatable bonds is 4. The predicted molar refractivity (Wildman–Crippen MR) is 89.6 cm³/mol. The third-order valence-electron chi connectivity index (χ3n) is 2.87. The second kappa shape index (κ2) is 6.87. The zero-order valence-electron chi connectivity index (χ0n) is 11.4. The van der Waals surface area contributed by atoms with Crippen molar-refractivity contribution in [3.8, 4) is 0 Å². The summed E-state index contributed by atoms with van der Waals surface area (Å²) in [6.45, 7) is 1.88. The topological polar surface area (TPSA) is 72.2 Å². The minimum Gasteiger partial charge on any atom is -0.399 e. The van der Waals surface area contributed by atoms with Gasteiger partial charge >= 0.3 is 0 Å². The van der Waals surface area contributed by atoms with E-state index in [0.29, 0.717) is 20.7 Å². The molecular formula is C15H15BrN2O2S. The van der Waals surface area contributed by atoms with Gasteiger partial charge in [-0.3, -0.25) is 9.00 Å². The molecule has 1 atom stereocenters. The van der Waals surface area contributed by atoms with E-state index in [1.54, 1.807) is 24.3 Å². The van der Waals surface area contributed by atoms with Crippen LogP contribution in [0.4, 0.5) is 11.4 Å². The van der Waals surface area contributed by atoms with Crippen LogP contribution in [-0.4, -0.2) is 15.9 Å². The molecule has 0 fully saturated rings. The normalized spacial score (nSPS) is 11.9. The monoisotopic (exact) mass is 366 g/mol. The highest BCUT2D eigenvalue weighted by Gasteiger charge is 2.13. The van der Waals surface area contributed by atoms with Crippen molar-refractivity contribution in [3.63, 3.8) is 0 Å². The van der Waals surface area contributed by atoms with E-state index in [1.807, 2.05) is 25.1 Å². The Balaban J connectivity index is 2.05. The highest BCUT2D eigenvalue weighted by Crippen LogP contribution is 2.24. The molecule has 1 unspecified atom stereocenters. The number of nitrogen functional groups attached to an aromatic ring is 1. The minimum absolute atomic E-state index is 0.0817. The van der Waals surface area contributed by atoms with Gasteiger partial charge in [-0.25, -0.2) is 0 Å². The van der Waals surface area contributed by atoms with Gasteiger partial charge in [0.2, 0.25) is 5.91 Å². The van der Waals surface area contributed by atoms with Crippen LogP contribution in [0.5, 0.6) is 0 Å². The third-order valence-corrected chi connectivity index (χ3v) is 5.00. The third kappa shape index (κ3) is 4.15. The Hall–Kier alpha value is -1.66. The van der Waals surface area contributed by atoms with Crippen LogP contribution in [0.2, 0.25) is 0 Å². The summed E-state index contributed by atoms with van der Waals surface area (Å²) in [6, 6.07) is 12.4. The molecule has 6 heteroatoms. The zero-order valence-corrected chi connectivity index (χ0v) is 13.8. The highest BCUT2D eigenvalue weighted by atomic mass is 79.9. The van der Waals surface area contributed by atoms with Gasteiger partial charge in [0.05, 0.1) is 16.5 Å². The van der Waals surface area contributed by atoms with Crippen molar-refractivity contribution in [3.05, 3.63) is 52.5 Å². The maximum absolute atomic E-state index is 12.2. The van der Waals surface area contributed by atoms with Gasteiger partial charge in [0.25, 0.3) is 0 Å². The molecule has 0 aliphatic heterocycles. The molecule has 110 valence electrons. The number of carbonyl (C=O) groups is 1. The zero-order chi connectivity index (χ0) is 15.4. The van der Waals surface area contributed by atoms with Crippen molar-refractivity contribution < 1.29 is 9.00 Å². The molecule has 0 aliphatic rings. The van der Waals surface area contributed by atoms with Crippen LogP contribution in [0.25, 0.3) is 0 Å². The lowest BCUT2D eigenvalue weighted by Crippen LogP contribution is -2.20. The Bertz CT molecular complexity index is 704. The molecule has 21 heavy (non-hydrogen) atoms. The summed E-state index contributed by atoms with van der Waals surface area (Å²) in [5, 5.41) is 2.72. The quantitative estimate of drug-likeness (QED) is 0.816. The van der Waals surface area contributed by atoms with Gasteiger partial charge in [0.1, 0.15) is 5.75 Å². The number of nitrogens with two attached hydrogens (primary N) is 1. The number of aryl methyl sites for hydroxylation is 1. The summed E-state index contributed by atoms with van der Waals surface area (Å²) in [6.07, 6.45) is 0. The summed E-state index contributed by atoms with van der Waals surface area (Å²) < 4.78 is 12.9. The predicted octanol–water partition coefficient (Wildman–Crippen LogP) is 3.09. The molecule has 0 saturated heterocycles. The molecule has 0 radical (unpaired) electrons. The Labute approximate surface area is 134 Å². The van der Waals surface area contributed by atoms with Gasteiger partial charge < -0.3 is 11.1 Å². The van der Waals surface area contributed by atoms with Crippen LogP contribution in [0.15, 0.2) is 51.8 Å². The molecule has 2 aromatic rings. The fraction of sp³-hybridized carbons (Fsp3) is 0.133. The van der Waals surface area contributed by atoms with E-state index in [2.05, 4.69) is 21.2 Å². The average molecular weight is 367 g/mol. The lowest BCUT2D eigenvalue weighted by Gasteiger charge is -2.09. The first kappa shape index (κ1) is 15.7. The molecule has 1 amide bonds. The Morgan fingerprint density at radius 3 is 2.67 bits per heavy atom. The molecule has 0 heterocycles. The SMILES string of the molecule is Cc1ccccc1S(=O)CC(=O)Nc1ccc(N)cc1Br. The number of halogens is 1. The van der Waals surface area contributed by atoms with Crippen LogP contribution in [0, 0.1) is 6.92 Å². The van der Waals surface area contributed by atoms with Crippen LogP contribution in [-0.2, 0) is 15.6 Å². The minimum atomic E-state index is -1.36. The van der Waals surface area contributed by atoms with Gasteiger partial charge in [-0.15, -0.1) is 0 Å². The molecule has 0 aromatic heterocycles. The molecule has 0 saturated carbocycles. The first-order valence-electron chi connectivity index (χ1n) is 6.26. The van der Waals surface area contributed by atoms with E-state index in [4.69, 9.17) is 5.73 Å². The number of benzene rings is 2. The highest BCUT2D eigenvalue weighted by molar-refractivity contribution is 9.10. The number of hydrogen-bond acceptors (Lipinski definition) is 3. The number of hydrogen-bond donors (Lipinski definition) is 2. The second-order valence-corrected chi connectivity index (χ2v) is 6.82. The summed E-state index contributed by atoms with van der Waals surface area (Å²) in [7, 11) is -1.36. The van der Waals surface area contributed by atoms with Gasteiger partial charge in [-0.2, -0.15) is 0 Å². The molecule has 0 aliphatic carbocycles. The molecule has 4 nitrogen and oxygen atoms in total. The van der Waals surface area contributed by atoms with Crippen molar-refractivity contribution in [2.45, 2.75) is 11.8 Å². The van der Waals surface area contributed by atoms with E-state index in [0.717, 1.165) is 5.56 Å². The smallest absolute Gasteiger partial charge is 0.237 e. The molecule has 2 aromatic carbocycles. The maximum Gasteiger partial charge on any atom is 0.237 e. The molecule has 0 spiro atoms. The number of carbonyl (C=O) groups excluding carboxylic acids is 1. The summed E-state index contributed by atoms with van der Waals surface area (Å²) in [5.41, 5.74) is 7.76. The Morgan fingerprint density at radius 2 is 2.00 bits per heavy atom. The van der Waals surface area contributed by atoms with Crippen molar-refractivity contribution in [1.29, 1.82) is 0 Å². The fourth-order valence-electron chi connectivity index (χ4n) is 1.83. The van der Waals surface area contributed by atoms with Crippen molar-refractivity contribution >= 4 is 44.0 Å². The molecule has 2 rings (SSSR count). The Kier molecular flexibility index (Phi) is 5.14. The first-order chi connectivity index (χ1) is 9.97. The van der Waals surface area contributed by atoms with Crippen LogP contribution in [0.3, 0.4) is 0 Å². The van der Waals surface area contributed by atoms with Crippen molar-refractivity contribution in [1.82, 2.24) is 0 Å². The van der Waals surface area contributed by atoms with E-state index >= 15 is 0 Å². The average Bonchev–Trinajstić information content (AvgIpc) is 2.42. The van der Waals surface area contributed by atoms with Gasteiger partial charge in [0.15, 0.2) is 0 Å². The Morgan fingerprint density at radius 1 is 1.29 bits per heavy atom. The summed E-state index contributed by atoms with van der Waals surface area (Å²) in [4.78, 5) is 12.7. The van der Waals surface area contributed by atoms with Crippen molar-refractivity contribution in [2.75, 3.05) is 16.8 Å². The maximum atomic E-state index is 12.2. The van der Waals surface area contributed by atoms with E-state index in [1.165, 1.54) is 0 Å². The standard InChI is InChI=1S/C15H15BrN2O2S/c1-10-4-2-3-5-14(10)21(20)9-15(19)18-13-7-6-11(17)8-12(13)16/h2-8H,9,17H2,1H3,(H,18,19). The summed E-state index contributed by atoms with van der Waals surface area (Å²) in [5.74, 6) is -0.385. The fourth-order valence-corrected chi connectivity index (χ4v) is 3.45. The second-order valence-electron chi connectivity index (χ2n) is 4.54. The lowest BCUT2D eigenvalue weighted by molar-refractivity contribution is -0.113. The molecule has 0 bridgehead atoms. The summed E-state index contributed by atoms with van der Waals surface area (Å²) >= 11 is 3.33. The van der Waals surface area contributed by atoms with Gasteiger partial charge in [-0.1, -0.05) is 18.2 Å². The number of amides is 1. The van der Waals surface area contributed by atoms with Crippen LogP contribution in [0.1, 0.15) is 5.56 Å². The molecular weight excluding hydrogens is 352 g/mol. The van der Waals surface area contributed by atoms with E-state index < -0.39 is 10.8 Å². The van der Waals surface area contributed by atoms with Crippen molar-refractivity contribution in [2.24, 2.45) is 0 Å². The first-order valence-corrected chi connectivity index (χ1v) is 8.37. The lowest BCUT2D eigenvalue weighted by atomic mass is 10.2. The molecule has 3 N–H and O–H groups in total. The van der Waals surface area contributed by atoms with Gasteiger partial charge in [0, 0.05) is 15.1 Å². The number of nitrogens with one attached hydrogen (secondary N) is 1. The van der Waals surface area contributed by atoms with Gasteiger partial charge in [-0.05, 0) is 52.7 Å². The largest absolute Gasteiger partial charge is 0.399 e. The van der Waals surface area contributed by atoms with Crippen LogP contribution < -0.4 is 11.1 Å².